The lowest BCUT2D eigenvalue weighted by molar-refractivity contribution is -0.119. The number of nitrogens with zero attached hydrogens (tertiary/aromatic N) is 1. The molecule has 0 heterocycles. The Hall–Kier alpha value is -3.59. The van der Waals surface area contributed by atoms with Crippen LogP contribution < -0.4 is 19.9 Å². The highest BCUT2D eigenvalue weighted by atomic mass is 16.5. The van der Waals surface area contributed by atoms with Crippen molar-refractivity contribution < 1.29 is 29.2 Å². The number of carbonyl (C=O) groups excluding carboxylic acids is 1. The summed E-state index contributed by atoms with van der Waals surface area (Å²) in [5, 5.41) is 21.4. The highest BCUT2D eigenvalue weighted by Crippen LogP contribution is 2.17. The average molecular weight is 509 g/mol. The molecule has 0 aliphatic carbocycles. The van der Waals surface area contributed by atoms with Crippen LogP contribution in [0.1, 0.15) is 12.5 Å². The lowest BCUT2D eigenvalue weighted by atomic mass is 10.0. The van der Waals surface area contributed by atoms with Crippen LogP contribution >= 0.6 is 0 Å². The number of rotatable bonds is 16. The molecule has 0 radical (unpaired) electrons. The van der Waals surface area contributed by atoms with Gasteiger partial charge in [0.15, 0.2) is 6.61 Å². The van der Waals surface area contributed by atoms with Crippen molar-refractivity contribution in [1.82, 2.24) is 4.90 Å². The van der Waals surface area contributed by atoms with Crippen molar-refractivity contribution in [3.8, 4) is 17.2 Å². The maximum absolute atomic E-state index is 10.9. The quantitative estimate of drug-likeness (QED) is 0.273. The lowest BCUT2D eigenvalue weighted by Gasteiger charge is -2.32. The Kier molecular flexibility index (Phi) is 11.2. The van der Waals surface area contributed by atoms with Gasteiger partial charge in [0.05, 0.1) is 0 Å². The van der Waals surface area contributed by atoms with Crippen LogP contribution in [0, 0.1) is 0 Å². The first-order valence-corrected chi connectivity index (χ1v) is 12.3. The van der Waals surface area contributed by atoms with Gasteiger partial charge in [-0.2, -0.15) is 0 Å². The fraction of sp³-hybridized carbons (Fsp3) is 0.345. The third kappa shape index (κ3) is 10.5. The predicted molar refractivity (Wildman–Crippen MR) is 142 cm³/mol. The van der Waals surface area contributed by atoms with Gasteiger partial charge in [0, 0.05) is 19.1 Å². The number of carbonyl (C=O) groups is 1. The minimum Gasteiger partial charge on any atom is -0.491 e. The van der Waals surface area contributed by atoms with Crippen molar-refractivity contribution in [2.45, 2.75) is 31.6 Å². The molecule has 0 saturated carbocycles. The van der Waals surface area contributed by atoms with E-state index >= 15 is 0 Å². The Morgan fingerprint density at radius 2 is 1.22 bits per heavy atom. The summed E-state index contributed by atoms with van der Waals surface area (Å²) in [6, 6.07) is 26.1. The molecule has 198 valence electrons. The summed E-state index contributed by atoms with van der Waals surface area (Å²) in [5.41, 5.74) is 6.18. The van der Waals surface area contributed by atoms with Crippen LogP contribution in [0.15, 0.2) is 84.9 Å². The summed E-state index contributed by atoms with van der Waals surface area (Å²) in [6.07, 6.45) is -0.835. The van der Waals surface area contributed by atoms with Crippen LogP contribution in [0.4, 0.5) is 0 Å². The molecule has 0 bridgehead atoms. The number of aliphatic hydroxyl groups is 2. The van der Waals surface area contributed by atoms with Gasteiger partial charge < -0.3 is 30.2 Å². The second kappa shape index (κ2) is 14.8. The fourth-order valence-electron chi connectivity index (χ4n) is 3.85. The number of hydrogen-bond acceptors (Lipinski definition) is 7. The molecule has 0 aromatic heterocycles. The Morgan fingerprint density at radius 3 is 1.68 bits per heavy atom. The van der Waals surface area contributed by atoms with E-state index in [2.05, 4.69) is 0 Å². The first-order chi connectivity index (χ1) is 17.9. The van der Waals surface area contributed by atoms with Gasteiger partial charge in [-0.3, -0.25) is 9.69 Å². The summed E-state index contributed by atoms with van der Waals surface area (Å²) in [6.45, 7) is 2.78. The molecule has 37 heavy (non-hydrogen) atoms. The van der Waals surface area contributed by atoms with Crippen molar-refractivity contribution in [3.05, 3.63) is 90.5 Å². The van der Waals surface area contributed by atoms with Crippen LogP contribution in [0.2, 0.25) is 0 Å². The summed E-state index contributed by atoms with van der Waals surface area (Å²) in [7, 11) is 0. The van der Waals surface area contributed by atoms with E-state index in [0.29, 0.717) is 36.8 Å². The van der Waals surface area contributed by atoms with Crippen LogP contribution in [0.25, 0.3) is 0 Å². The third-order valence-corrected chi connectivity index (χ3v) is 5.72. The predicted octanol–water partition coefficient (Wildman–Crippen LogP) is 2.66. The Morgan fingerprint density at radius 1 is 0.757 bits per heavy atom. The van der Waals surface area contributed by atoms with Crippen molar-refractivity contribution in [2.24, 2.45) is 5.73 Å². The summed E-state index contributed by atoms with van der Waals surface area (Å²) >= 11 is 0. The average Bonchev–Trinajstić information content (AvgIpc) is 2.91. The van der Waals surface area contributed by atoms with E-state index in [-0.39, 0.29) is 25.9 Å². The zero-order valence-electron chi connectivity index (χ0n) is 21.1. The highest BCUT2D eigenvalue weighted by molar-refractivity contribution is 5.75. The van der Waals surface area contributed by atoms with Gasteiger partial charge in [0.25, 0.3) is 5.91 Å². The van der Waals surface area contributed by atoms with E-state index in [0.717, 1.165) is 5.56 Å². The Balaban J connectivity index is 1.59. The summed E-state index contributed by atoms with van der Waals surface area (Å²) in [4.78, 5) is 13.0. The summed E-state index contributed by atoms with van der Waals surface area (Å²) in [5.74, 6) is 1.42. The number of aliphatic hydroxyl groups excluding tert-OH is 2. The smallest absolute Gasteiger partial charge is 0.255 e. The zero-order chi connectivity index (χ0) is 26.5. The molecule has 0 aliphatic heterocycles. The van der Waals surface area contributed by atoms with E-state index in [9.17, 15) is 15.0 Å². The standard InChI is InChI=1S/C29H36N2O6/c1-22(16-23-12-14-28(15-13-23)37-21-29(30)34)31(17-24(32)19-35-26-8-4-2-5-9-26)18-25(33)20-36-27-10-6-3-7-11-27/h2-15,22,24-25,32-33H,16-21H2,1H3,(H2,30,34)/t22-,24+,25+/m1/s1. The molecule has 0 spiro atoms. The van der Waals surface area contributed by atoms with E-state index in [1.54, 1.807) is 12.1 Å². The van der Waals surface area contributed by atoms with Gasteiger partial charge in [0.1, 0.15) is 42.7 Å². The van der Waals surface area contributed by atoms with Crippen LogP contribution in [0.5, 0.6) is 17.2 Å². The maximum atomic E-state index is 10.9. The molecular formula is C29H36N2O6. The second-order valence-corrected chi connectivity index (χ2v) is 8.96. The zero-order valence-corrected chi connectivity index (χ0v) is 21.1. The molecule has 1 amide bonds. The number of primary amides is 1. The molecule has 0 saturated heterocycles. The molecule has 4 N–H and O–H groups in total. The number of para-hydroxylation sites is 2. The Bertz CT molecular complexity index is 998. The maximum Gasteiger partial charge on any atom is 0.255 e. The van der Waals surface area contributed by atoms with Crippen molar-refractivity contribution in [3.63, 3.8) is 0 Å². The lowest BCUT2D eigenvalue weighted by Crippen LogP contribution is -2.46. The second-order valence-electron chi connectivity index (χ2n) is 8.96. The van der Waals surface area contributed by atoms with E-state index in [1.165, 1.54) is 0 Å². The number of nitrogens with two attached hydrogens (primary N) is 1. The van der Waals surface area contributed by atoms with Gasteiger partial charge in [-0.15, -0.1) is 0 Å². The van der Waals surface area contributed by atoms with Crippen molar-refractivity contribution in [1.29, 1.82) is 0 Å². The molecule has 0 fully saturated rings. The minimum atomic E-state index is -0.755. The van der Waals surface area contributed by atoms with Gasteiger partial charge in [-0.25, -0.2) is 0 Å². The van der Waals surface area contributed by atoms with Crippen molar-refractivity contribution >= 4 is 5.91 Å². The van der Waals surface area contributed by atoms with Crippen LogP contribution in [-0.4, -0.2) is 72.2 Å². The molecule has 3 aromatic carbocycles. The molecule has 0 unspecified atom stereocenters. The summed E-state index contributed by atoms with van der Waals surface area (Å²) < 4.78 is 16.8. The largest absolute Gasteiger partial charge is 0.491 e. The number of hydrogen-bond donors (Lipinski definition) is 3. The fourth-order valence-corrected chi connectivity index (χ4v) is 3.85. The van der Waals surface area contributed by atoms with Gasteiger partial charge in [0.2, 0.25) is 0 Å². The first-order valence-electron chi connectivity index (χ1n) is 12.3. The van der Waals surface area contributed by atoms with E-state index < -0.39 is 18.1 Å². The molecular weight excluding hydrogens is 472 g/mol. The SMILES string of the molecule is C[C@H](Cc1ccc(OCC(N)=O)cc1)N(C[C@H](O)COc1ccccc1)C[C@H](O)COc1ccccc1. The molecule has 3 aromatic rings. The highest BCUT2D eigenvalue weighted by Gasteiger charge is 2.22. The Labute approximate surface area is 218 Å². The topological polar surface area (TPSA) is 114 Å². The minimum absolute atomic E-state index is 0.00450. The molecule has 0 aliphatic rings. The van der Waals surface area contributed by atoms with Crippen molar-refractivity contribution in [2.75, 3.05) is 32.9 Å². The van der Waals surface area contributed by atoms with Gasteiger partial charge in [-0.1, -0.05) is 48.5 Å². The van der Waals surface area contributed by atoms with E-state index in [4.69, 9.17) is 19.9 Å². The number of amides is 1. The third-order valence-electron chi connectivity index (χ3n) is 5.72. The number of benzene rings is 3. The van der Waals surface area contributed by atoms with Gasteiger partial charge >= 0.3 is 0 Å². The molecule has 8 heteroatoms. The van der Waals surface area contributed by atoms with Crippen LogP contribution in [-0.2, 0) is 11.2 Å². The molecule has 8 nitrogen and oxygen atoms in total. The van der Waals surface area contributed by atoms with Crippen LogP contribution in [0.3, 0.4) is 0 Å². The number of ether oxygens (including phenoxy) is 3. The first kappa shape index (κ1) is 28.0. The molecule has 3 atom stereocenters. The van der Waals surface area contributed by atoms with Gasteiger partial charge in [-0.05, 0) is 55.3 Å². The monoisotopic (exact) mass is 508 g/mol. The molecule has 3 rings (SSSR count). The normalized spacial score (nSPS) is 13.5. The van der Waals surface area contributed by atoms with E-state index in [1.807, 2.05) is 84.6 Å².